The highest BCUT2D eigenvalue weighted by molar-refractivity contribution is 6.66. The molecular formula is C23H22BNO2. The molecule has 0 bridgehead atoms. The summed E-state index contributed by atoms with van der Waals surface area (Å²) in [7, 11) is -0.385. The smallest absolute Gasteiger partial charge is 0.399 e. The van der Waals surface area contributed by atoms with Gasteiger partial charge in [0.1, 0.15) is 0 Å². The van der Waals surface area contributed by atoms with Crippen LogP contribution in [0.1, 0.15) is 27.7 Å². The van der Waals surface area contributed by atoms with Crippen LogP contribution in [0.5, 0.6) is 0 Å². The van der Waals surface area contributed by atoms with Crippen LogP contribution in [0, 0.1) is 0 Å². The van der Waals surface area contributed by atoms with E-state index in [1.165, 1.54) is 10.8 Å². The standard InChI is InChI=1S/C23H22BNO2/c1-22(2)23(3,4)27-24(26-22)19-14-16-12-11-15-8-7-13-25-21(15)20(16)18-10-6-5-9-17(18)19/h5-14H,1-4H3. The fourth-order valence-corrected chi connectivity index (χ4v) is 3.93. The molecule has 1 fully saturated rings. The molecule has 0 amide bonds. The van der Waals surface area contributed by atoms with E-state index >= 15 is 0 Å². The van der Waals surface area contributed by atoms with Gasteiger partial charge in [-0.25, -0.2) is 0 Å². The number of hydrogen-bond acceptors (Lipinski definition) is 3. The minimum Gasteiger partial charge on any atom is -0.399 e. The summed E-state index contributed by atoms with van der Waals surface area (Å²) in [5.74, 6) is 0. The van der Waals surface area contributed by atoms with E-state index in [0.717, 1.165) is 27.1 Å². The molecule has 4 heteroatoms. The number of benzene rings is 3. The first-order valence-electron chi connectivity index (χ1n) is 9.42. The summed E-state index contributed by atoms with van der Waals surface area (Å²) in [5, 5.41) is 5.83. The van der Waals surface area contributed by atoms with Crippen molar-refractivity contribution in [2.75, 3.05) is 0 Å². The lowest BCUT2D eigenvalue weighted by atomic mass is 9.74. The Balaban J connectivity index is 1.83. The molecule has 0 radical (unpaired) electrons. The molecule has 4 aromatic rings. The zero-order valence-electron chi connectivity index (χ0n) is 16.1. The Kier molecular flexibility index (Phi) is 3.43. The molecule has 0 spiro atoms. The Hall–Kier alpha value is -2.43. The maximum Gasteiger partial charge on any atom is 0.495 e. The molecule has 1 aliphatic rings. The molecule has 3 nitrogen and oxygen atoms in total. The molecule has 0 N–H and O–H groups in total. The van der Waals surface area contributed by atoms with Gasteiger partial charge < -0.3 is 9.31 Å². The summed E-state index contributed by atoms with van der Waals surface area (Å²) in [6.07, 6.45) is 1.86. The lowest BCUT2D eigenvalue weighted by molar-refractivity contribution is 0.00578. The molecule has 1 aromatic heterocycles. The first-order chi connectivity index (χ1) is 12.9. The van der Waals surface area contributed by atoms with Crippen LogP contribution in [-0.4, -0.2) is 23.3 Å². The topological polar surface area (TPSA) is 31.4 Å². The SMILES string of the molecule is CC1(C)OB(c2cc3ccc4cccnc4c3c3ccccc23)OC1(C)C. The maximum absolute atomic E-state index is 6.36. The van der Waals surface area contributed by atoms with Crippen molar-refractivity contribution in [2.24, 2.45) is 0 Å². The van der Waals surface area contributed by atoms with Crippen LogP contribution in [0.4, 0.5) is 0 Å². The highest BCUT2D eigenvalue weighted by atomic mass is 16.7. The summed E-state index contributed by atoms with van der Waals surface area (Å²) < 4.78 is 12.7. The number of rotatable bonds is 1. The highest BCUT2D eigenvalue weighted by Gasteiger charge is 2.52. The monoisotopic (exact) mass is 355 g/mol. The Bertz CT molecular complexity index is 1180. The molecule has 3 aromatic carbocycles. The minimum absolute atomic E-state index is 0.362. The summed E-state index contributed by atoms with van der Waals surface area (Å²) >= 11 is 0. The number of pyridine rings is 1. The lowest BCUT2D eigenvalue weighted by Crippen LogP contribution is -2.41. The summed E-state index contributed by atoms with van der Waals surface area (Å²) in [6.45, 7) is 8.36. The second kappa shape index (κ2) is 5.54. The van der Waals surface area contributed by atoms with Gasteiger partial charge in [-0.3, -0.25) is 4.98 Å². The second-order valence-electron chi connectivity index (χ2n) is 8.34. The van der Waals surface area contributed by atoms with Gasteiger partial charge >= 0.3 is 7.12 Å². The van der Waals surface area contributed by atoms with Crippen molar-refractivity contribution in [1.82, 2.24) is 4.98 Å². The van der Waals surface area contributed by atoms with Crippen molar-refractivity contribution in [1.29, 1.82) is 0 Å². The van der Waals surface area contributed by atoms with Crippen molar-refractivity contribution in [3.05, 3.63) is 60.8 Å². The van der Waals surface area contributed by atoms with Crippen LogP contribution < -0.4 is 5.46 Å². The van der Waals surface area contributed by atoms with Gasteiger partial charge in [0.05, 0.1) is 16.7 Å². The molecular weight excluding hydrogens is 333 g/mol. The molecule has 0 aliphatic carbocycles. The normalized spacial score (nSPS) is 18.6. The van der Waals surface area contributed by atoms with Gasteiger partial charge in [-0.15, -0.1) is 0 Å². The van der Waals surface area contributed by atoms with E-state index in [1.807, 2.05) is 12.3 Å². The maximum atomic E-state index is 6.36. The molecule has 0 atom stereocenters. The molecule has 1 saturated heterocycles. The molecule has 0 unspecified atom stereocenters. The van der Waals surface area contributed by atoms with Gasteiger partial charge in [0.25, 0.3) is 0 Å². The zero-order valence-corrected chi connectivity index (χ0v) is 16.1. The van der Waals surface area contributed by atoms with Crippen LogP contribution in [0.15, 0.2) is 60.8 Å². The fourth-order valence-electron chi connectivity index (χ4n) is 3.93. The largest absolute Gasteiger partial charge is 0.495 e. The molecule has 2 heterocycles. The average Bonchev–Trinajstić information content (AvgIpc) is 2.88. The minimum atomic E-state index is -0.385. The third kappa shape index (κ3) is 2.40. The van der Waals surface area contributed by atoms with Crippen LogP contribution in [0.3, 0.4) is 0 Å². The fraction of sp³-hybridized carbons (Fsp3) is 0.261. The quantitative estimate of drug-likeness (QED) is 0.362. The van der Waals surface area contributed by atoms with Gasteiger partial charge in [0.2, 0.25) is 0 Å². The summed E-state index contributed by atoms with van der Waals surface area (Å²) in [6, 6.07) is 19.1. The van der Waals surface area contributed by atoms with Crippen LogP contribution in [0.25, 0.3) is 32.4 Å². The van der Waals surface area contributed by atoms with E-state index < -0.39 is 0 Å². The Morgan fingerprint density at radius 2 is 1.44 bits per heavy atom. The molecule has 1 aliphatic heterocycles. The van der Waals surface area contributed by atoms with Gasteiger partial charge in [-0.05, 0) is 55.4 Å². The Morgan fingerprint density at radius 3 is 2.19 bits per heavy atom. The first-order valence-corrected chi connectivity index (χ1v) is 9.42. The number of nitrogens with zero attached hydrogens (tertiary/aromatic N) is 1. The van der Waals surface area contributed by atoms with Crippen LogP contribution in [-0.2, 0) is 9.31 Å². The number of fused-ring (bicyclic) bond motifs is 5. The molecule has 134 valence electrons. The van der Waals surface area contributed by atoms with E-state index in [2.05, 4.69) is 81.2 Å². The van der Waals surface area contributed by atoms with Crippen molar-refractivity contribution in [2.45, 2.75) is 38.9 Å². The van der Waals surface area contributed by atoms with E-state index in [0.29, 0.717) is 0 Å². The third-order valence-corrected chi connectivity index (χ3v) is 6.13. The van der Waals surface area contributed by atoms with Crippen molar-refractivity contribution in [3.63, 3.8) is 0 Å². The van der Waals surface area contributed by atoms with Crippen molar-refractivity contribution in [3.8, 4) is 0 Å². The third-order valence-electron chi connectivity index (χ3n) is 6.13. The predicted octanol–water partition coefficient (Wildman–Crippen LogP) is 4.84. The van der Waals surface area contributed by atoms with Gasteiger partial charge in [0.15, 0.2) is 0 Å². The van der Waals surface area contributed by atoms with E-state index in [4.69, 9.17) is 9.31 Å². The Morgan fingerprint density at radius 1 is 0.778 bits per heavy atom. The number of aromatic nitrogens is 1. The van der Waals surface area contributed by atoms with Gasteiger partial charge in [-0.2, -0.15) is 0 Å². The van der Waals surface area contributed by atoms with Crippen molar-refractivity contribution >= 4 is 45.0 Å². The van der Waals surface area contributed by atoms with E-state index in [-0.39, 0.29) is 18.3 Å². The van der Waals surface area contributed by atoms with Crippen molar-refractivity contribution < 1.29 is 9.31 Å². The van der Waals surface area contributed by atoms with E-state index in [1.54, 1.807) is 0 Å². The Labute approximate surface area is 159 Å². The molecule has 0 saturated carbocycles. The zero-order chi connectivity index (χ0) is 18.8. The van der Waals surface area contributed by atoms with Gasteiger partial charge in [-0.1, -0.05) is 48.5 Å². The average molecular weight is 355 g/mol. The first kappa shape index (κ1) is 16.7. The summed E-state index contributed by atoms with van der Waals surface area (Å²) in [4.78, 5) is 4.67. The molecule has 27 heavy (non-hydrogen) atoms. The summed E-state index contributed by atoms with van der Waals surface area (Å²) in [5.41, 5.74) is 1.39. The second-order valence-corrected chi connectivity index (χ2v) is 8.34. The van der Waals surface area contributed by atoms with Crippen LogP contribution in [0.2, 0.25) is 0 Å². The highest BCUT2D eigenvalue weighted by Crippen LogP contribution is 2.38. The molecule has 5 rings (SSSR count). The van der Waals surface area contributed by atoms with Gasteiger partial charge in [0, 0.05) is 17.0 Å². The van der Waals surface area contributed by atoms with Crippen LogP contribution >= 0.6 is 0 Å². The lowest BCUT2D eigenvalue weighted by Gasteiger charge is -2.32. The van der Waals surface area contributed by atoms with E-state index in [9.17, 15) is 0 Å². The predicted molar refractivity (Wildman–Crippen MR) is 112 cm³/mol. The number of hydrogen-bond donors (Lipinski definition) is 0.